The molecule has 0 saturated carbocycles. The molecule has 138 valence electrons. The number of hydrogen-bond acceptors (Lipinski definition) is 4. The van der Waals surface area contributed by atoms with Crippen LogP contribution in [0.15, 0.2) is 59.1 Å². The highest BCUT2D eigenvalue weighted by molar-refractivity contribution is 9.10. The van der Waals surface area contributed by atoms with Crippen molar-refractivity contribution in [3.05, 3.63) is 64.1 Å². The molecular weight excluding hydrogens is 443 g/mol. The molecule has 0 fully saturated rings. The molecule has 0 spiro atoms. The fourth-order valence-corrected chi connectivity index (χ4v) is 2.72. The first-order chi connectivity index (χ1) is 12.5. The van der Waals surface area contributed by atoms with Crippen LogP contribution < -0.4 is 9.47 Å². The van der Waals surface area contributed by atoms with E-state index in [1.165, 1.54) is 6.08 Å². The molecule has 2 aromatic rings. The highest BCUT2D eigenvalue weighted by Crippen LogP contribution is 2.32. The number of halogens is 3. The van der Waals surface area contributed by atoms with Crippen LogP contribution in [-0.4, -0.2) is 24.6 Å². The largest absolute Gasteiger partial charge is 0.487 e. The Balaban J connectivity index is 1.90. The van der Waals surface area contributed by atoms with Gasteiger partial charge in [0.05, 0.1) is 10.9 Å². The summed E-state index contributed by atoms with van der Waals surface area (Å²) in [6.07, 6.45) is 2.64. The summed E-state index contributed by atoms with van der Waals surface area (Å²) in [6, 6.07) is 12.5. The average molecular weight is 460 g/mol. The molecule has 0 aliphatic rings. The van der Waals surface area contributed by atoms with Gasteiger partial charge in [0.25, 0.3) is 0 Å². The van der Waals surface area contributed by atoms with Crippen LogP contribution in [0.1, 0.15) is 6.92 Å². The van der Waals surface area contributed by atoms with E-state index in [1.54, 1.807) is 42.5 Å². The van der Waals surface area contributed by atoms with Crippen molar-refractivity contribution in [2.24, 2.45) is 0 Å². The number of alkyl halides is 1. The standard InChI is InChI=1S/C19H17BrCl2O4/c1-13(2-9-19(23)24-11-10-21)25-15-4-6-16(7-5-15)26-18-8-3-14(20)12-17(18)22/h2-9,12-13H,10-11H2,1H3. The molecule has 1 atom stereocenters. The third-order valence-corrected chi connectivity index (χ3v) is 4.04. The van der Waals surface area contributed by atoms with Crippen molar-refractivity contribution in [3.63, 3.8) is 0 Å². The lowest BCUT2D eigenvalue weighted by atomic mass is 10.3. The van der Waals surface area contributed by atoms with Crippen molar-refractivity contribution in [1.29, 1.82) is 0 Å². The summed E-state index contributed by atoms with van der Waals surface area (Å²) >= 11 is 14.9. The molecule has 0 aromatic heterocycles. The number of carbonyl (C=O) groups excluding carboxylic acids is 1. The molecule has 1 unspecified atom stereocenters. The van der Waals surface area contributed by atoms with Gasteiger partial charge in [0.1, 0.15) is 30.0 Å². The molecule has 0 aliphatic heterocycles. The number of hydrogen-bond donors (Lipinski definition) is 0. The van der Waals surface area contributed by atoms with Crippen LogP contribution in [0.25, 0.3) is 0 Å². The summed E-state index contributed by atoms with van der Waals surface area (Å²) in [4.78, 5) is 11.4. The van der Waals surface area contributed by atoms with Crippen LogP contribution in [-0.2, 0) is 9.53 Å². The van der Waals surface area contributed by atoms with Gasteiger partial charge in [-0.2, -0.15) is 0 Å². The van der Waals surface area contributed by atoms with Crippen molar-refractivity contribution >= 4 is 45.1 Å². The molecule has 0 amide bonds. The highest BCUT2D eigenvalue weighted by atomic mass is 79.9. The number of benzene rings is 2. The minimum atomic E-state index is -0.448. The predicted octanol–water partition coefficient (Wildman–Crippen LogP) is 6.00. The molecule has 2 rings (SSSR count). The Morgan fingerprint density at radius 3 is 2.54 bits per heavy atom. The fourth-order valence-electron chi connectivity index (χ4n) is 1.93. The van der Waals surface area contributed by atoms with E-state index in [1.807, 2.05) is 13.0 Å². The van der Waals surface area contributed by atoms with Gasteiger partial charge in [-0.25, -0.2) is 4.79 Å². The van der Waals surface area contributed by atoms with Gasteiger partial charge in [-0.05, 0) is 55.5 Å². The topological polar surface area (TPSA) is 44.8 Å². The van der Waals surface area contributed by atoms with Crippen LogP contribution in [0.3, 0.4) is 0 Å². The van der Waals surface area contributed by atoms with Crippen LogP contribution >= 0.6 is 39.1 Å². The molecule has 0 N–H and O–H groups in total. The normalized spacial score (nSPS) is 12.0. The molecule has 0 saturated heterocycles. The summed E-state index contributed by atoms with van der Waals surface area (Å²) in [6.45, 7) is 2.00. The summed E-state index contributed by atoms with van der Waals surface area (Å²) in [7, 11) is 0. The Morgan fingerprint density at radius 2 is 1.88 bits per heavy atom. The predicted molar refractivity (Wildman–Crippen MR) is 107 cm³/mol. The molecule has 26 heavy (non-hydrogen) atoms. The Morgan fingerprint density at radius 1 is 1.19 bits per heavy atom. The van der Waals surface area contributed by atoms with Gasteiger partial charge in [-0.15, -0.1) is 11.6 Å². The first-order valence-electron chi connectivity index (χ1n) is 7.78. The van der Waals surface area contributed by atoms with Crippen molar-refractivity contribution < 1.29 is 19.0 Å². The number of ether oxygens (including phenoxy) is 3. The maximum atomic E-state index is 11.4. The second-order valence-electron chi connectivity index (χ2n) is 5.19. The van der Waals surface area contributed by atoms with E-state index >= 15 is 0 Å². The number of carbonyl (C=O) groups is 1. The molecule has 0 aliphatic carbocycles. The van der Waals surface area contributed by atoms with E-state index in [-0.39, 0.29) is 18.6 Å². The van der Waals surface area contributed by atoms with E-state index in [9.17, 15) is 4.79 Å². The number of rotatable bonds is 8. The lowest BCUT2D eigenvalue weighted by Gasteiger charge is -2.12. The van der Waals surface area contributed by atoms with E-state index in [2.05, 4.69) is 15.9 Å². The Labute approximate surface area is 170 Å². The zero-order valence-electron chi connectivity index (χ0n) is 14.0. The van der Waals surface area contributed by atoms with Crippen molar-refractivity contribution in [1.82, 2.24) is 0 Å². The first kappa shape index (κ1) is 20.6. The molecule has 0 heterocycles. The maximum absolute atomic E-state index is 11.4. The number of esters is 1. The third-order valence-electron chi connectivity index (χ3n) is 3.09. The minimum Gasteiger partial charge on any atom is -0.487 e. The van der Waals surface area contributed by atoms with Crippen LogP contribution in [0.4, 0.5) is 0 Å². The summed E-state index contributed by atoms with van der Waals surface area (Å²) in [5.74, 6) is 1.66. The van der Waals surface area contributed by atoms with Crippen LogP contribution in [0, 0.1) is 0 Å². The lowest BCUT2D eigenvalue weighted by molar-refractivity contribution is -0.137. The smallest absolute Gasteiger partial charge is 0.330 e. The van der Waals surface area contributed by atoms with E-state index < -0.39 is 5.97 Å². The molecule has 0 bridgehead atoms. The van der Waals surface area contributed by atoms with Gasteiger partial charge in [-0.1, -0.05) is 27.5 Å². The van der Waals surface area contributed by atoms with Gasteiger partial charge >= 0.3 is 5.97 Å². The highest BCUT2D eigenvalue weighted by Gasteiger charge is 2.06. The lowest BCUT2D eigenvalue weighted by Crippen LogP contribution is -2.10. The van der Waals surface area contributed by atoms with Crippen molar-refractivity contribution in [3.8, 4) is 17.2 Å². The quantitative estimate of drug-likeness (QED) is 0.276. The third kappa shape index (κ3) is 6.90. The van der Waals surface area contributed by atoms with Crippen LogP contribution in [0.5, 0.6) is 17.2 Å². The first-order valence-corrected chi connectivity index (χ1v) is 9.49. The fraction of sp³-hybridized carbons (Fsp3) is 0.211. The Kier molecular flexibility index (Phi) is 8.29. The van der Waals surface area contributed by atoms with Crippen molar-refractivity contribution in [2.75, 3.05) is 12.5 Å². The Hall–Kier alpha value is -1.69. The Bertz CT molecular complexity index is 763. The molecule has 7 heteroatoms. The molecule has 4 nitrogen and oxygen atoms in total. The molecule has 0 radical (unpaired) electrons. The van der Waals surface area contributed by atoms with Crippen molar-refractivity contribution in [2.45, 2.75) is 13.0 Å². The van der Waals surface area contributed by atoms with E-state index in [0.29, 0.717) is 22.3 Å². The van der Waals surface area contributed by atoms with Gasteiger partial charge in [0, 0.05) is 10.5 Å². The molecule has 2 aromatic carbocycles. The van der Waals surface area contributed by atoms with Gasteiger partial charge < -0.3 is 14.2 Å². The van der Waals surface area contributed by atoms with E-state index in [4.69, 9.17) is 37.4 Å². The second-order valence-corrected chi connectivity index (χ2v) is 6.89. The van der Waals surface area contributed by atoms with Gasteiger partial charge in [-0.3, -0.25) is 0 Å². The minimum absolute atomic E-state index is 0.184. The zero-order chi connectivity index (χ0) is 18.9. The van der Waals surface area contributed by atoms with Gasteiger partial charge in [0.2, 0.25) is 0 Å². The van der Waals surface area contributed by atoms with Crippen LogP contribution in [0.2, 0.25) is 5.02 Å². The summed E-state index contributed by atoms with van der Waals surface area (Å²) in [5, 5.41) is 0.513. The van der Waals surface area contributed by atoms with Gasteiger partial charge in [0.15, 0.2) is 0 Å². The zero-order valence-corrected chi connectivity index (χ0v) is 17.1. The maximum Gasteiger partial charge on any atom is 0.330 e. The summed E-state index contributed by atoms with van der Waals surface area (Å²) < 4.78 is 17.2. The summed E-state index contributed by atoms with van der Waals surface area (Å²) in [5.41, 5.74) is 0. The van der Waals surface area contributed by atoms with E-state index in [0.717, 1.165) is 4.47 Å². The monoisotopic (exact) mass is 458 g/mol. The molecular formula is C19H17BrCl2O4. The average Bonchev–Trinajstić information content (AvgIpc) is 2.62. The SMILES string of the molecule is CC(C=CC(=O)OCCCl)Oc1ccc(Oc2ccc(Br)cc2Cl)cc1. The second kappa shape index (κ2) is 10.5.